The van der Waals surface area contributed by atoms with E-state index in [2.05, 4.69) is 15.3 Å². The summed E-state index contributed by atoms with van der Waals surface area (Å²) in [6, 6.07) is 12.9. The van der Waals surface area contributed by atoms with Crippen LogP contribution in [0.4, 0.5) is 0 Å². The van der Waals surface area contributed by atoms with E-state index in [1.165, 1.54) is 0 Å². The van der Waals surface area contributed by atoms with Crippen molar-refractivity contribution in [2.45, 2.75) is 20.0 Å². The van der Waals surface area contributed by atoms with Crippen molar-refractivity contribution in [2.24, 2.45) is 0 Å². The number of amides is 1. The van der Waals surface area contributed by atoms with Crippen molar-refractivity contribution in [1.82, 2.24) is 15.3 Å². The molecule has 2 heterocycles. The topological polar surface area (TPSA) is 73.3 Å². The number of hydrogen-bond acceptors (Lipinski definition) is 5. The zero-order chi connectivity index (χ0) is 18.1. The van der Waals surface area contributed by atoms with Gasteiger partial charge in [0.05, 0.1) is 29.0 Å². The molecule has 0 bridgehead atoms. The van der Waals surface area contributed by atoms with Crippen LogP contribution < -0.4 is 14.8 Å². The maximum absolute atomic E-state index is 12.5. The van der Waals surface area contributed by atoms with Crippen LogP contribution in [0.25, 0.3) is 11.0 Å². The van der Waals surface area contributed by atoms with E-state index in [1.807, 2.05) is 44.2 Å². The highest BCUT2D eigenvalue weighted by Crippen LogP contribution is 2.30. The molecule has 1 atom stereocenters. The molecule has 132 valence electrons. The molecule has 1 aliphatic rings. The Balaban J connectivity index is 1.44. The number of hydrogen-bond donors (Lipinski definition) is 1. The van der Waals surface area contributed by atoms with Crippen LogP contribution in [0.3, 0.4) is 0 Å². The first-order chi connectivity index (χ1) is 12.6. The summed E-state index contributed by atoms with van der Waals surface area (Å²) < 4.78 is 11.5. The smallest absolute Gasteiger partial charge is 0.251 e. The number of nitrogens with one attached hydrogen (secondary N) is 1. The van der Waals surface area contributed by atoms with E-state index < -0.39 is 0 Å². The number of aryl methyl sites for hydroxylation is 2. The van der Waals surface area contributed by atoms with Crippen LogP contribution in [0.2, 0.25) is 0 Å². The molecule has 4 rings (SSSR count). The summed E-state index contributed by atoms with van der Waals surface area (Å²) in [6.07, 6.45) is -0.223. The van der Waals surface area contributed by atoms with Gasteiger partial charge in [0.25, 0.3) is 5.91 Å². The Hall–Kier alpha value is -3.15. The van der Waals surface area contributed by atoms with Gasteiger partial charge in [0, 0.05) is 5.56 Å². The maximum Gasteiger partial charge on any atom is 0.251 e. The SMILES string of the molecule is Cc1nc2ccc(C(=O)NC[C@H]3COc4ccccc4O3)cc2nc1C. The summed E-state index contributed by atoms with van der Waals surface area (Å²) in [4.78, 5) is 21.5. The fourth-order valence-corrected chi connectivity index (χ4v) is 2.84. The first kappa shape index (κ1) is 16.3. The molecule has 0 unspecified atom stereocenters. The van der Waals surface area contributed by atoms with Crippen LogP contribution in [0.15, 0.2) is 42.5 Å². The molecule has 0 saturated carbocycles. The second kappa shape index (κ2) is 6.63. The number of rotatable bonds is 3. The number of carbonyl (C=O) groups is 1. The van der Waals surface area contributed by atoms with Crippen molar-refractivity contribution < 1.29 is 14.3 Å². The first-order valence-electron chi connectivity index (χ1n) is 8.52. The summed E-state index contributed by atoms with van der Waals surface area (Å²) in [5.41, 5.74) is 3.80. The summed E-state index contributed by atoms with van der Waals surface area (Å²) in [5, 5.41) is 2.90. The molecule has 1 aromatic heterocycles. The van der Waals surface area contributed by atoms with Crippen LogP contribution in [-0.4, -0.2) is 35.1 Å². The molecule has 1 amide bonds. The highest BCUT2D eigenvalue weighted by atomic mass is 16.6. The number of aromatic nitrogens is 2. The number of ether oxygens (including phenoxy) is 2. The third-order valence-corrected chi connectivity index (χ3v) is 4.40. The lowest BCUT2D eigenvalue weighted by molar-refractivity contribution is 0.0789. The normalized spacial score (nSPS) is 15.7. The van der Waals surface area contributed by atoms with Crippen LogP contribution in [0, 0.1) is 13.8 Å². The molecular weight excluding hydrogens is 330 g/mol. The standard InChI is InChI=1S/C20H19N3O3/c1-12-13(2)23-17-9-14(7-8-16(17)22-12)20(24)21-10-15-11-25-18-5-3-4-6-19(18)26-15/h3-9,15H,10-11H2,1-2H3,(H,21,24)/t15-/m0/s1. The molecule has 0 spiro atoms. The fourth-order valence-electron chi connectivity index (χ4n) is 2.84. The molecule has 26 heavy (non-hydrogen) atoms. The predicted molar refractivity (Wildman–Crippen MR) is 97.7 cm³/mol. The zero-order valence-electron chi connectivity index (χ0n) is 14.7. The molecule has 1 aliphatic heterocycles. The van der Waals surface area contributed by atoms with Gasteiger partial charge < -0.3 is 14.8 Å². The molecular formula is C20H19N3O3. The van der Waals surface area contributed by atoms with Gasteiger partial charge in [-0.1, -0.05) is 12.1 Å². The molecule has 6 heteroatoms. The summed E-state index contributed by atoms with van der Waals surface area (Å²) in [7, 11) is 0. The summed E-state index contributed by atoms with van der Waals surface area (Å²) >= 11 is 0. The Labute approximate surface area is 151 Å². The van der Waals surface area contributed by atoms with E-state index in [4.69, 9.17) is 9.47 Å². The fraction of sp³-hybridized carbons (Fsp3) is 0.250. The molecule has 0 radical (unpaired) electrons. The monoisotopic (exact) mass is 349 g/mol. The molecule has 0 saturated heterocycles. The third-order valence-electron chi connectivity index (χ3n) is 4.40. The first-order valence-corrected chi connectivity index (χ1v) is 8.52. The number of benzene rings is 2. The van der Waals surface area contributed by atoms with E-state index in [9.17, 15) is 4.79 Å². The average Bonchev–Trinajstić information content (AvgIpc) is 2.66. The Kier molecular flexibility index (Phi) is 4.16. The molecule has 3 aromatic rings. The molecule has 0 fully saturated rings. The van der Waals surface area contributed by atoms with Gasteiger partial charge in [-0.2, -0.15) is 0 Å². The van der Waals surface area contributed by atoms with Crippen LogP contribution in [0.1, 0.15) is 21.7 Å². The van der Waals surface area contributed by atoms with Crippen molar-refractivity contribution in [3.05, 3.63) is 59.4 Å². The second-order valence-corrected chi connectivity index (χ2v) is 6.31. The van der Waals surface area contributed by atoms with Crippen molar-refractivity contribution >= 4 is 16.9 Å². The lowest BCUT2D eigenvalue weighted by Gasteiger charge is -2.26. The van der Waals surface area contributed by atoms with Crippen molar-refractivity contribution in [3.8, 4) is 11.5 Å². The van der Waals surface area contributed by atoms with Crippen molar-refractivity contribution in [3.63, 3.8) is 0 Å². The highest BCUT2D eigenvalue weighted by molar-refractivity contribution is 5.97. The average molecular weight is 349 g/mol. The molecule has 6 nitrogen and oxygen atoms in total. The minimum atomic E-state index is -0.223. The van der Waals surface area contributed by atoms with Crippen molar-refractivity contribution in [2.75, 3.05) is 13.2 Å². The second-order valence-electron chi connectivity index (χ2n) is 6.31. The molecule has 1 N–H and O–H groups in total. The van der Waals surface area contributed by atoms with Crippen molar-refractivity contribution in [1.29, 1.82) is 0 Å². The van der Waals surface area contributed by atoms with Gasteiger partial charge in [-0.05, 0) is 44.2 Å². The van der Waals surface area contributed by atoms with E-state index in [0.717, 1.165) is 22.7 Å². The van der Waals surface area contributed by atoms with Gasteiger partial charge in [-0.3, -0.25) is 4.79 Å². The number of para-hydroxylation sites is 2. The maximum atomic E-state index is 12.5. The van der Waals surface area contributed by atoms with Crippen LogP contribution >= 0.6 is 0 Å². The van der Waals surface area contributed by atoms with Gasteiger partial charge in [0.1, 0.15) is 12.7 Å². The number of carbonyl (C=O) groups excluding carboxylic acids is 1. The largest absolute Gasteiger partial charge is 0.486 e. The molecule has 0 aliphatic carbocycles. The molecule has 2 aromatic carbocycles. The Morgan fingerprint density at radius 1 is 1.08 bits per heavy atom. The van der Waals surface area contributed by atoms with Crippen LogP contribution in [0.5, 0.6) is 11.5 Å². The summed E-state index contributed by atoms with van der Waals surface area (Å²) in [5.74, 6) is 1.26. The zero-order valence-corrected chi connectivity index (χ0v) is 14.7. The number of nitrogens with zero attached hydrogens (tertiary/aromatic N) is 2. The van der Waals surface area contributed by atoms with Gasteiger partial charge in [-0.15, -0.1) is 0 Å². The Morgan fingerprint density at radius 3 is 2.62 bits per heavy atom. The minimum Gasteiger partial charge on any atom is -0.486 e. The number of fused-ring (bicyclic) bond motifs is 2. The quantitative estimate of drug-likeness (QED) is 0.787. The van der Waals surface area contributed by atoms with Gasteiger partial charge in [-0.25, -0.2) is 9.97 Å². The lowest BCUT2D eigenvalue weighted by Crippen LogP contribution is -2.40. The van der Waals surface area contributed by atoms with Gasteiger partial charge in [0.2, 0.25) is 0 Å². The van der Waals surface area contributed by atoms with E-state index >= 15 is 0 Å². The van der Waals surface area contributed by atoms with Gasteiger partial charge in [0.15, 0.2) is 11.5 Å². The van der Waals surface area contributed by atoms with E-state index in [1.54, 1.807) is 12.1 Å². The minimum absolute atomic E-state index is 0.172. The third kappa shape index (κ3) is 3.18. The Morgan fingerprint density at radius 2 is 1.81 bits per heavy atom. The van der Waals surface area contributed by atoms with E-state index in [0.29, 0.717) is 30.0 Å². The van der Waals surface area contributed by atoms with Gasteiger partial charge >= 0.3 is 0 Å². The Bertz CT molecular complexity index is 987. The van der Waals surface area contributed by atoms with E-state index in [-0.39, 0.29) is 12.0 Å². The lowest BCUT2D eigenvalue weighted by atomic mass is 10.1. The van der Waals surface area contributed by atoms with Crippen LogP contribution in [-0.2, 0) is 0 Å². The highest BCUT2D eigenvalue weighted by Gasteiger charge is 2.21. The predicted octanol–water partition coefficient (Wildman–Crippen LogP) is 2.82. The summed E-state index contributed by atoms with van der Waals surface area (Å²) in [6.45, 7) is 4.60.